The Hall–Kier alpha value is -2.04. The lowest BCUT2D eigenvalue weighted by Gasteiger charge is -2.20. The van der Waals surface area contributed by atoms with Crippen LogP contribution in [0.1, 0.15) is 32.3 Å². The Morgan fingerprint density at radius 2 is 1.62 bits per heavy atom. The predicted octanol–water partition coefficient (Wildman–Crippen LogP) is 4.98. The fourth-order valence-electron chi connectivity index (χ4n) is 2.69. The van der Waals surface area contributed by atoms with Crippen LogP contribution in [0.2, 0.25) is 5.02 Å². The van der Waals surface area contributed by atoms with Gasteiger partial charge in [0.15, 0.2) is 0 Å². The summed E-state index contributed by atoms with van der Waals surface area (Å²) in [6.07, 6.45) is 2.10. The van der Waals surface area contributed by atoms with E-state index in [0.717, 1.165) is 42.9 Å². The van der Waals surface area contributed by atoms with Gasteiger partial charge in [0.2, 0.25) is 5.91 Å². The number of ether oxygens (including phenoxy) is 1. The first-order valence-corrected chi connectivity index (χ1v) is 9.48. The van der Waals surface area contributed by atoms with Crippen molar-refractivity contribution in [2.45, 2.75) is 33.3 Å². The maximum absolute atomic E-state index is 12.2. The molecule has 1 N–H and O–H groups in total. The molecule has 0 aliphatic heterocycles. The standard InChI is InChI=1S/C21H27ClN2O2/c1-3-13-24(14-4-2)15-21(25)23-19-9-11-20(12-10-19)26-16-17-5-7-18(22)8-6-17/h5-12H,3-4,13-16H2,1-2H3,(H,23,25). The van der Waals surface area contributed by atoms with Crippen molar-refractivity contribution in [2.24, 2.45) is 0 Å². The molecule has 4 nitrogen and oxygen atoms in total. The highest BCUT2D eigenvalue weighted by Crippen LogP contribution is 2.18. The van der Waals surface area contributed by atoms with Crippen LogP contribution in [0.25, 0.3) is 0 Å². The summed E-state index contributed by atoms with van der Waals surface area (Å²) >= 11 is 5.88. The third-order valence-electron chi connectivity index (χ3n) is 3.90. The van der Waals surface area contributed by atoms with Gasteiger partial charge in [0, 0.05) is 10.7 Å². The molecule has 0 heterocycles. The van der Waals surface area contributed by atoms with Gasteiger partial charge in [-0.3, -0.25) is 9.69 Å². The van der Waals surface area contributed by atoms with Crippen molar-refractivity contribution >= 4 is 23.2 Å². The van der Waals surface area contributed by atoms with Gasteiger partial charge in [0.25, 0.3) is 0 Å². The number of nitrogens with zero attached hydrogens (tertiary/aromatic N) is 1. The van der Waals surface area contributed by atoms with Crippen LogP contribution in [-0.4, -0.2) is 30.4 Å². The van der Waals surface area contributed by atoms with Crippen molar-refractivity contribution in [3.63, 3.8) is 0 Å². The van der Waals surface area contributed by atoms with E-state index in [-0.39, 0.29) is 5.91 Å². The van der Waals surface area contributed by atoms with Crippen molar-refractivity contribution in [3.05, 3.63) is 59.1 Å². The minimum absolute atomic E-state index is 0.0155. The van der Waals surface area contributed by atoms with Crippen LogP contribution < -0.4 is 10.1 Å². The molecule has 0 saturated carbocycles. The summed E-state index contributed by atoms with van der Waals surface area (Å²) in [5, 5.41) is 3.66. The monoisotopic (exact) mass is 374 g/mol. The molecule has 26 heavy (non-hydrogen) atoms. The van der Waals surface area contributed by atoms with Gasteiger partial charge in [-0.2, -0.15) is 0 Å². The van der Waals surface area contributed by atoms with Crippen molar-refractivity contribution < 1.29 is 9.53 Å². The normalized spacial score (nSPS) is 10.8. The lowest BCUT2D eigenvalue weighted by Crippen LogP contribution is -2.34. The van der Waals surface area contributed by atoms with E-state index < -0.39 is 0 Å². The summed E-state index contributed by atoms with van der Waals surface area (Å²) in [6, 6.07) is 15.0. The molecule has 1 amide bonds. The van der Waals surface area contributed by atoms with Crippen LogP contribution in [0, 0.1) is 0 Å². The smallest absolute Gasteiger partial charge is 0.238 e. The van der Waals surface area contributed by atoms with Crippen LogP contribution in [0.3, 0.4) is 0 Å². The van der Waals surface area contributed by atoms with Gasteiger partial charge in [-0.1, -0.05) is 37.6 Å². The molecule has 2 rings (SSSR count). The van der Waals surface area contributed by atoms with Gasteiger partial charge in [0.1, 0.15) is 12.4 Å². The molecule has 0 aromatic heterocycles. The topological polar surface area (TPSA) is 41.6 Å². The summed E-state index contributed by atoms with van der Waals surface area (Å²) in [7, 11) is 0. The summed E-state index contributed by atoms with van der Waals surface area (Å²) < 4.78 is 5.76. The first kappa shape index (κ1) is 20.3. The van der Waals surface area contributed by atoms with Gasteiger partial charge in [-0.05, 0) is 67.9 Å². The molecule has 140 valence electrons. The highest BCUT2D eigenvalue weighted by atomic mass is 35.5. The Labute approximate surface area is 161 Å². The van der Waals surface area contributed by atoms with Crippen molar-refractivity contribution in [3.8, 4) is 5.75 Å². The molecule has 0 aliphatic rings. The molecular formula is C21H27ClN2O2. The van der Waals surface area contributed by atoms with Gasteiger partial charge in [-0.15, -0.1) is 0 Å². The quantitative estimate of drug-likeness (QED) is 0.637. The van der Waals surface area contributed by atoms with E-state index in [2.05, 4.69) is 24.1 Å². The fraction of sp³-hybridized carbons (Fsp3) is 0.381. The molecule has 0 bridgehead atoms. The number of hydrogen-bond acceptors (Lipinski definition) is 3. The summed E-state index contributed by atoms with van der Waals surface area (Å²) in [5.41, 5.74) is 1.83. The van der Waals surface area contributed by atoms with Crippen LogP contribution in [0.15, 0.2) is 48.5 Å². The minimum atomic E-state index is 0.0155. The Morgan fingerprint density at radius 3 is 2.19 bits per heavy atom. The summed E-state index contributed by atoms with van der Waals surface area (Å²) in [5.74, 6) is 0.776. The van der Waals surface area contributed by atoms with Gasteiger partial charge >= 0.3 is 0 Å². The van der Waals surface area contributed by atoms with E-state index in [4.69, 9.17) is 16.3 Å². The zero-order valence-corrected chi connectivity index (χ0v) is 16.3. The SMILES string of the molecule is CCCN(CCC)CC(=O)Nc1ccc(OCc2ccc(Cl)cc2)cc1. The Balaban J connectivity index is 1.82. The molecular weight excluding hydrogens is 348 g/mol. The first-order valence-electron chi connectivity index (χ1n) is 9.10. The maximum atomic E-state index is 12.2. The van der Waals surface area contributed by atoms with Crippen molar-refractivity contribution in [1.29, 1.82) is 0 Å². The van der Waals surface area contributed by atoms with Crippen LogP contribution in [-0.2, 0) is 11.4 Å². The number of carbonyl (C=O) groups is 1. The van der Waals surface area contributed by atoms with Crippen molar-refractivity contribution in [1.82, 2.24) is 4.90 Å². The number of nitrogens with one attached hydrogen (secondary N) is 1. The molecule has 0 fully saturated rings. The van der Waals surface area contributed by atoms with Gasteiger partial charge < -0.3 is 10.1 Å². The van der Waals surface area contributed by atoms with E-state index in [0.29, 0.717) is 18.2 Å². The lowest BCUT2D eigenvalue weighted by molar-refractivity contribution is -0.117. The van der Waals surface area contributed by atoms with Crippen molar-refractivity contribution in [2.75, 3.05) is 25.0 Å². The fourth-order valence-corrected chi connectivity index (χ4v) is 2.81. The second-order valence-corrected chi connectivity index (χ2v) is 6.70. The third kappa shape index (κ3) is 7.06. The van der Waals surface area contributed by atoms with E-state index in [9.17, 15) is 4.79 Å². The minimum Gasteiger partial charge on any atom is -0.489 e. The number of halogens is 1. The number of benzene rings is 2. The Kier molecular flexibility index (Phi) is 8.45. The van der Waals surface area contributed by atoms with E-state index in [1.54, 1.807) is 0 Å². The average molecular weight is 375 g/mol. The van der Waals surface area contributed by atoms with E-state index in [1.165, 1.54) is 0 Å². The average Bonchev–Trinajstić information content (AvgIpc) is 2.63. The molecule has 2 aromatic carbocycles. The molecule has 2 aromatic rings. The second-order valence-electron chi connectivity index (χ2n) is 6.26. The number of anilines is 1. The van der Waals surface area contributed by atoms with Crippen LogP contribution in [0.4, 0.5) is 5.69 Å². The predicted molar refractivity (Wildman–Crippen MR) is 108 cm³/mol. The van der Waals surface area contributed by atoms with Gasteiger partial charge in [-0.25, -0.2) is 0 Å². The Bertz CT molecular complexity index is 665. The number of amides is 1. The second kappa shape index (κ2) is 10.8. The zero-order chi connectivity index (χ0) is 18.8. The largest absolute Gasteiger partial charge is 0.489 e. The van der Waals surface area contributed by atoms with E-state index >= 15 is 0 Å². The molecule has 0 radical (unpaired) electrons. The van der Waals surface area contributed by atoms with Crippen LogP contribution in [0.5, 0.6) is 5.75 Å². The lowest BCUT2D eigenvalue weighted by atomic mass is 10.2. The third-order valence-corrected chi connectivity index (χ3v) is 4.16. The highest BCUT2D eigenvalue weighted by Gasteiger charge is 2.09. The highest BCUT2D eigenvalue weighted by molar-refractivity contribution is 6.30. The molecule has 0 spiro atoms. The molecule has 5 heteroatoms. The number of hydrogen-bond donors (Lipinski definition) is 1. The molecule has 0 unspecified atom stereocenters. The maximum Gasteiger partial charge on any atom is 0.238 e. The van der Waals surface area contributed by atoms with E-state index in [1.807, 2.05) is 48.5 Å². The molecule has 0 aliphatic carbocycles. The number of carbonyl (C=O) groups excluding carboxylic acids is 1. The van der Waals surface area contributed by atoms with Crippen LogP contribution >= 0.6 is 11.6 Å². The summed E-state index contributed by atoms with van der Waals surface area (Å²) in [4.78, 5) is 14.4. The zero-order valence-electron chi connectivity index (χ0n) is 15.5. The summed E-state index contributed by atoms with van der Waals surface area (Å²) in [6.45, 7) is 7.05. The van der Waals surface area contributed by atoms with Gasteiger partial charge in [0.05, 0.1) is 6.54 Å². The molecule has 0 atom stereocenters. The first-order chi connectivity index (χ1) is 12.6. The number of rotatable bonds is 10. The Morgan fingerprint density at radius 1 is 1.00 bits per heavy atom. The molecule has 0 saturated heterocycles.